The van der Waals surface area contributed by atoms with Crippen LogP contribution in [0.1, 0.15) is 12.5 Å². The Bertz CT molecular complexity index is 805. The zero-order valence-corrected chi connectivity index (χ0v) is 16.5. The average Bonchev–Trinajstić information content (AvgIpc) is 2.89. The number of halogens is 1. The highest BCUT2D eigenvalue weighted by molar-refractivity contribution is 9.10. The third-order valence-electron chi connectivity index (χ3n) is 3.48. The van der Waals surface area contributed by atoms with Crippen molar-refractivity contribution in [3.63, 3.8) is 0 Å². The summed E-state index contributed by atoms with van der Waals surface area (Å²) in [5.41, 5.74) is 0.735. The van der Waals surface area contributed by atoms with E-state index in [0.29, 0.717) is 28.1 Å². The topological polar surface area (TPSA) is 94.2 Å². The van der Waals surface area contributed by atoms with Crippen LogP contribution in [0.5, 0.6) is 11.5 Å². The Morgan fingerprint density at radius 3 is 2.70 bits per heavy atom. The number of amides is 3. The standard InChI is InChI=1S/C18H19BrN2O6/c1-4-6-21-17(23)13(20-18(21)24)8-11-7-12(19)16(14(9-11)26-5-2)27-10-15(22)25-3/h4,7-9H,1,5-6,10H2,2-3H3,(H,20,24)/b13-8+. The maximum atomic E-state index is 12.3. The largest absolute Gasteiger partial charge is 0.490 e. The second-order valence-electron chi connectivity index (χ2n) is 5.32. The highest BCUT2D eigenvalue weighted by Gasteiger charge is 2.32. The van der Waals surface area contributed by atoms with Crippen LogP contribution in [-0.2, 0) is 14.3 Å². The van der Waals surface area contributed by atoms with Gasteiger partial charge in [-0.2, -0.15) is 0 Å². The molecular weight excluding hydrogens is 420 g/mol. The number of rotatable bonds is 8. The number of carbonyl (C=O) groups is 3. The monoisotopic (exact) mass is 438 g/mol. The predicted molar refractivity (Wildman–Crippen MR) is 101 cm³/mol. The molecule has 1 aromatic carbocycles. The SMILES string of the molecule is C=CCN1C(=O)N/C(=C/c2cc(Br)c(OCC(=O)OC)c(OCC)c2)C1=O. The minimum Gasteiger partial charge on any atom is -0.490 e. The molecule has 0 bridgehead atoms. The second kappa shape index (κ2) is 9.22. The van der Waals surface area contributed by atoms with E-state index in [1.165, 1.54) is 19.3 Å². The van der Waals surface area contributed by atoms with E-state index in [-0.39, 0.29) is 18.8 Å². The minimum atomic E-state index is -0.530. The molecule has 0 radical (unpaired) electrons. The molecule has 0 saturated carbocycles. The first-order chi connectivity index (χ1) is 12.9. The number of urea groups is 1. The average molecular weight is 439 g/mol. The molecule has 1 fully saturated rings. The molecule has 9 heteroatoms. The van der Waals surface area contributed by atoms with E-state index in [2.05, 4.69) is 32.6 Å². The molecule has 1 aliphatic heterocycles. The van der Waals surface area contributed by atoms with Crippen LogP contribution in [-0.4, -0.2) is 49.7 Å². The highest BCUT2D eigenvalue weighted by atomic mass is 79.9. The third-order valence-corrected chi connectivity index (χ3v) is 4.07. The van der Waals surface area contributed by atoms with Crippen molar-refractivity contribution in [3.05, 3.63) is 40.5 Å². The number of nitrogens with zero attached hydrogens (tertiary/aromatic N) is 1. The van der Waals surface area contributed by atoms with Gasteiger partial charge in [0.2, 0.25) is 0 Å². The van der Waals surface area contributed by atoms with Crippen molar-refractivity contribution in [3.8, 4) is 11.5 Å². The van der Waals surface area contributed by atoms with Gasteiger partial charge in [0.1, 0.15) is 5.70 Å². The number of benzene rings is 1. The molecule has 0 aliphatic carbocycles. The normalized spacial score (nSPS) is 14.9. The van der Waals surface area contributed by atoms with Crippen LogP contribution in [0.4, 0.5) is 4.79 Å². The minimum absolute atomic E-state index is 0.121. The fourth-order valence-electron chi connectivity index (χ4n) is 2.30. The van der Waals surface area contributed by atoms with Crippen LogP contribution in [0.15, 0.2) is 35.0 Å². The number of hydrogen-bond donors (Lipinski definition) is 1. The Balaban J connectivity index is 2.33. The van der Waals surface area contributed by atoms with E-state index in [1.54, 1.807) is 19.1 Å². The molecule has 1 saturated heterocycles. The number of methoxy groups -OCH3 is 1. The summed E-state index contributed by atoms with van der Waals surface area (Å²) in [5.74, 6) is -0.265. The highest BCUT2D eigenvalue weighted by Crippen LogP contribution is 2.37. The van der Waals surface area contributed by atoms with E-state index in [1.807, 2.05) is 0 Å². The van der Waals surface area contributed by atoms with Gasteiger partial charge >= 0.3 is 12.0 Å². The lowest BCUT2D eigenvalue weighted by atomic mass is 10.1. The molecular formula is C18H19BrN2O6. The number of nitrogens with one attached hydrogen (secondary N) is 1. The molecule has 0 aromatic heterocycles. The lowest BCUT2D eigenvalue weighted by Crippen LogP contribution is -2.30. The Hall–Kier alpha value is -2.81. The van der Waals surface area contributed by atoms with E-state index in [4.69, 9.17) is 9.47 Å². The van der Waals surface area contributed by atoms with Gasteiger partial charge in [0, 0.05) is 6.54 Å². The van der Waals surface area contributed by atoms with Gasteiger partial charge in [0.05, 0.1) is 18.2 Å². The van der Waals surface area contributed by atoms with E-state index >= 15 is 0 Å². The van der Waals surface area contributed by atoms with Crippen LogP contribution in [0, 0.1) is 0 Å². The molecule has 1 N–H and O–H groups in total. The van der Waals surface area contributed by atoms with Crippen molar-refractivity contribution in [2.75, 3.05) is 26.9 Å². The number of carbonyl (C=O) groups excluding carboxylic acids is 3. The van der Waals surface area contributed by atoms with Crippen LogP contribution >= 0.6 is 15.9 Å². The van der Waals surface area contributed by atoms with Gasteiger partial charge in [-0.1, -0.05) is 6.08 Å². The molecule has 3 amide bonds. The molecule has 0 atom stereocenters. The lowest BCUT2D eigenvalue weighted by molar-refractivity contribution is -0.143. The second-order valence-corrected chi connectivity index (χ2v) is 6.17. The molecule has 144 valence electrons. The summed E-state index contributed by atoms with van der Waals surface area (Å²) in [6.07, 6.45) is 3.00. The smallest absolute Gasteiger partial charge is 0.343 e. The Morgan fingerprint density at radius 2 is 2.07 bits per heavy atom. The zero-order chi connectivity index (χ0) is 20.0. The summed E-state index contributed by atoms with van der Waals surface area (Å²) in [7, 11) is 1.27. The lowest BCUT2D eigenvalue weighted by Gasteiger charge is -2.14. The van der Waals surface area contributed by atoms with E-state index in [9.17, 15) is 14.4 Å². The van der Waals surface area contributed by atoms with Gasteiger partial charge in [-0.25, -0.2) is 9.59 Å². The van der Waals surface area contributed by atoms with Crippen molar-refractivity contribution in [2.24, 2.45) is 0 Å². The third kappa shape index (κ3) is 4.88. The first-order valence-corrected chi connectivity index (χ1v) is 8.81. The van der Waals surface area contributed by atoms with Gasteiger partial charge < -0.3 is 19.5 Å². The van der Waals surface area contributed by atoms with Crippen molar-refractivity contribution < 1.29 is 28.6 Å². The summed E-state index contributed by atoms with van der Waals surface area (Å²) in [6.45, 7) is 5.54. The fraction of sp³-hybridized carbons (Fsp3) is 0.278. The Kier molecular flexibility index (Phi) is 7.00. The zero-order valence-electron chi connectivity index (χ0n) is 14.9. The van der Waals surface area contributed by atoms with Crippen LogP contribution in [0.2, 0.25) is 0 Å². The maximum Gasteiger partial charge on any atom is 0.343 e. The maximum absolute atomic E-state index is 12.3. The number of ether oxygens (including phenoxy) is 3. The number of imide groups is 1. The van der Waals surface area contributed by atoms with E-state index < -0.39 is 17.9 Å². The predicted octanol–water partition coefficient (Wildman–Crippen LogP) is 2.48. The molecule has 1 heterocycles. The van der Waals surface area contributed by atoms with Gasteiger partial charge in [-0.05, 0) is 46.6 Å². The van der Waals surface area contributed by atoms with Gasteiger partial charge in [-0.3, -0.25) is 9.69 Å². The van der Waals surface area contributed by atoms with Crippen LogP contribution in [0.3, 0.4) is 0 Å². The summed E-state index contributed by atoms with van der Waals surface area (Å²) in [6, 6.07) is 2.81. The van der Waals surface area contributed by atoms with Gasteiger partial charge in [0.15, 0.2) is 18.1 Å². The fourth-order valence-corrected chi connectivity index (χ4v) is 2.87. The van der Waals surface area contributed by atoms with Crippen LogP contribution < -0.4 is 14.8 Å². The quantitative estimate of drug-likeness (QED) is 0.290. The van der Waals surface area contributed by atoms with Crippen molar-refractivity contribution in [1.29, 1.82) is 0 Å². The molecule has 2 rings (SSSR count). The van der Waals surface area contributed by atoms with Crippen molar-refractivity contribution in [1.82, 2.24) is 10.2 Å². The Labute approximate surface area is 164 Å². The first-order valence-electron chi connectivity index (χ1n) is 8.02. The molecule has 0 spiro atoms. The van der Waals surface area contributed by atoms with Crippen molar-refractivity contribution >= 4 is 39.9 Å². The van der Waals surface area contributed by atoms with Crippen LogP contribution in [0.25, 0.3) is 6.08 Å². The number of hydrogen-bond acceptors (Lipinski definition) is 6. The molecule has 0 unspecified atom stereocenters. The molecule has 27 heavy (non-hydrogen) atoms. The van der Waals surface area contributed by atoms with E-state index in [0.717, 1.165) is 4.90 Å². The summed E-state index contributed by atoms with van der Waals surface area (Å²) in [5, 5.41) is 2.52. The summed E-state index contributed by atoms with van der Waals surface area (Å²) < 4.78 is 16.1. The molecule has 1 aromatic rings. The van der Waals surface area contributed by atoms with Gasteiger partial charge in [0.25, 0.3) is 5.91 Å². The molecule has 8 nitrogen and oxygen atoms in total. The Morgan fingerprint density at radius 1 is 1.33 bits per heavy atom. The molecule has 1 aliphatic rings. The first kappa shape index (κ1) is 20.5. The van der Waals surface area contributed by atoms with Crippen molar-refractivity contribution in [2.45, 2.75) is 6.92 Å². The summed E-state index contributed by atoms with van der Waals surface area (Å²) >= 11 is 3.37. The summed E-state index contributed by atoms with van der Waals surface area (Å²) in [4.78, 5) is 36.5. The van der Waals surface area contributed by atoms with Gasteiger partial charge in [-0.15, -0.1) is 6.58 Å². The number of esters is 1.